The molecule has 1 aromatic heterocycles. The van der Waals surface area contributed by atoms with Crippen molar-refractivity contribution in [2.75, 3.05) is 27.3 Å². The van der Waals surface area contributed by atoms with Crippen LogP contribution in [-0.2, 0) is 6.54 Å². The Balaban J connectivity index is 1.72. The quantitative estimate of drug-likeness (QED) is 0.833. The second kappa shape index (κ2) is 7.55. The lowest BCUT2D eigenvalue weighted by Crippen LogP contribution is -2.38. The van der Waals surface area contributed by atoms with E-state index in [1.54, 1.807) is 38.7 Å². The lowest BCUT2D eigenvalue weighted by atomic mass is 9.95. The molecule has 1 saturated heterocycles. The lowest BCUT2D eigenvalue weighted by molar-refractivity contribution is 0.0706. The molecule has 0 spiro atoms. The number of benzene rings is 1. The molecule has 1 amide bonds. The van der Waals surface area contributed by atoms with Crippen molar-refractivity contribution in [1.82, 2.24) is 19.7 Å². The molecule has 2 heterocycles. The second-order valence-electron chi connectivity index (χ2n) is 6.11. The fourth-order valence-corrected chi connectivity index (χ4v) is 3.32. The number of ether oxygens (including phenoxy) is 2. The van der Waals surface area contributed by atoms with Crippen molar-refractivity contribution < 1.29 is 14.3 Å². The molecule has 3 rings (SSSR count). The number of carbonyl (C=O) groups is 1. The van der Waals surface area contributed by atoms with Crippen molar-refractivity contribution in [3.63, 3.8) is 0 Å². The Labute approximate surface area is 147 Å². The average molecular weight is 344 g/mol. The van der Waals surface area contributed by atoms with Gasteiger partial charge in [0.15, 0.2) is 0 Å². The van der Waals surface area contributed by atoms with Gasteiger partial charge in [-0.2, -0.15) is 0 Å². The number of aromatic nitrogens is 3. The van der Waals surface area contributed by atoms with Gasteiger partial charge in [-0.1, -0.05) is 0 Å². The number of hydrogen-bond donors (Lipinski definition) is 0. The van der Waals surface area contributed by atoms with E-state index in [1.807, 2.05) is 4.90 Å². The number of amides is 1. The van der Waals surface area contributed by atoms with Crippen molar-refractivity contribution in [1.29, 1.82) is 0 Å². The van der Waals surface area contributed by atoms with Gasteiger partial charge in [0.2, 0.25) is 0 Å². The fraction of sp³-hybridized carbons (Fsp3) is 0.500. The standard InChI is InChI=1S/C18H24N4O3/c1-4-21-12-19-20-17(21)13-7-9-22(10-8-13)18(23)15-11-14(24-2)5-6-16(15)25-3/h5-6,11-13H,4,7-10H2,1-3H3. The normalized spacial score (nSPS) is 15.2. The zero-order valence-corrected chi connectivity index (χ0v) is 14.9. The molecule has 7 heteroatoms. The highest BCUT2D eigenvalue weighted by Crippen LogP contribution is 2.30. The van der Waals surface area contributed by atoms with E-state index in [0.29, 0.717) is 36.1 Å². The highest BCUT2D eigenvalue weighted by molar-refractivity contribution is 5.97. The van der Waals surface area contributed by atoms with Crippen molar-refractivity contribution in [3.8, 4) is 11.5 Å². The summed E-state index contributed by atoms with van der Waals surface area (Å²) in [6.45, 7) is 4.34. The van der Waals surface area contributed by atoms with Crippen LogP contribution in [0.4, 0.5) is 0 Å². The number of rotatable bonds is 5. The summed E-state index contributed by atoms with van der Waals surface area (Å²) in [5.74, 6) is 2.56. The van der Waals surface area contributed by atoms with Gasteiger partial charge in [0.1, 0.15) is 23.7 Å². The minimum atomic E-state index is -0.0221. The minimum Gasteiger partial charge on any atom is -0.497 e. The van der Waals surface area contributed by atoms with E-state index >= 15 is 0 Å². The van der Waals surface area contributed by atoms with Crippen molar-refractivity contribution >= 4 is 5.91 Å². The number of hydrogen-bond acceptors (Lipinski definition) is 5. The molecule has 0 radical (unpaired) electrons. The summed E-state index contributed by atoms with van der Waals surface area (Å²) >= 11 is 0. The largest absolute Gasteiger partial charge is 0.497 e. The molecule has 0 N–H and O–H groups in total. The first-order valence-electron chi connectivity index (χ1n) is 8.57. The predicted molar refractivity (Wildman–Crippen MR) is 93.1 cm³/mol. The molecule has 134 valence electrons. The fourth-order valence-electron chi connectivity index (χ4n) is 3.32. The van der Waals surface area contributed by atoms with Gasteiger partial charge in [0.05, 0.1) is 19.8 Å². The summed E-state index contributed by atoms with van der Waals surface area (Å²) in [5, 5.41) is 8.28. The van der Waals surface area contributed by atoms with Crippen LogP contribution in [0.1, 0.15) is 41.9 Å². The Kier molecular flexibility index (Phi) is 5.21. The highest BCUT2D eigenvalue weighted by Gasteiger charge is 2.28. The molecule has 0 unspecified atom stereocenters. The van der Waals surface area contributed by atoms with Crippen LogP contribution in [0.2, 0.25) is 0 Å². The zero-order valence-electron chi connectivity index (χ0n) is 14.9. The molecule has 1 aliphatic heterocycles. The second-order valence-corrected chi connectivity index (χ2v) is 6.11. The molecule has 1 aromatic carbocycles. The number of likely N-dealkylation sites (tertiary alicyclic amines) is 1. The van der Waals surface area contributed by atoms with Gasteiger partial charge in [-0.3, -0.25) is 4.79 Å². The van der Waals surface area contributed by atoms with E-state index in [4.69, 9.17) is 9.47 Å². The van der Waals surface area contributed by atoms with Gasteiger partial charge >= 0.3 is 0 Å². The van der Waals surface area contributed by atoms with E-state index in [0.717, 1.165) is 25.2 Å². The van der Waals surface area contributed by atoms with Crippen molar-refractivity contribution in [2.45, 2.75) is 32.2 Å². The summed E-state index contributed by atoms with van der Waals surface area (Å²) in [4.78, 5) is 14.8. The van der Waals surface area contributed by atoms with Crippen molar-refractivity contribution in [2.24, 2.45) is 0 Å². The molecule has 0 aliphatic carbocycles. The molecule has 0 saturated carbocycles. The molecule has 25 heavy (non-hydrogen) atoms. The molecule has 1 aliphatic rings. The van der Waals surface area contributed by atoms with Crippen LogP contribution in [0.15, 0.2) is 24.5 Å². The number of carbonyl (C=O) groups excluding carboxylic acids is 1. The number of piperidine rings is 1. The molecule has 0 bridgehead atoms. The number of aryl methyl sites for hydroxylation is 1. The molecular weight excluding hydrogens is 320 g/mol. The summed E-state index contributed by atoms with van der Waals surface area (Å²) in [5.41, 5.74) is 0.539. The maximum absolute atomic E-state index is 12.9. The first-order valence-corrected chi connectivity index (χ1v) is 8.57. The Morgan fingerprint density at radius 2 is 2.00 bits per heavy atom. The van der Waals surface area contributed by atoms with E-state index < -0.39 is 0 Å². The third-order valence-electron chi connectivity index (χ3n) is 4.77. The average Bonchev–Trinajstić information content (AvgIpc) is 3.15. The van der Waals surface area contributed by atoms with Crippen LogP contribution in [0, 0.1) is 0 Å². The van der Waals surface area contributed by atoms with Gasteiger partial charge in [0, 0.05) is 25.6 Å². The predicted octanol–water partition coefficient (Wildman–Crippen LogP) is 2.33. The van der Waals surface area contributed by atoms with Crippen LogP contribution < -0.4 is 9.47 Å². The first kappa shape index (κ1) is 17.3. The van der Waals surface area contributed by atoms with Crippen LogP contribution in [0.25, 0.3) is 0 Å². The van der Waals surface area contributed by atoms with Crippen LogP contribution in [0.3, 0.4) is 0 Å². The molecular formula is C18H24N4O3. The number of nitrogens with zero attached hydrogens (tertiary/aromatic N) is 4. The lowest BCUT2D eigenvalue weighted by Gasteiger charge is -2.32. The highest BCUT2D eigenvalue weighted by atomic mass is 16.5. The van der Waals surface area contributed by atoms with Gasteiger partial charge in [-0.25, -0.2) is 0 Å². The van der Waals surface area contributed by atoms with Crippen LogP contribution in [0.5, 0.6) is 11.5 Å². The minimum absolute atomic E-state index is 0.0221. The Hall–Kier alpha value is -2.57. The van der Waals surface area contributed by atoms with Crippen LogP contribution in [-0.4, -0.2) is 52.9 Å². The van der Waals surface area contributed by atoms with Crippen molar-refractivity contribution in [3.05, 3.63) is 35.9 Å². The van der Waals surface area contributed by atoms with Gasteiger partial charge in [0.25, 0.3) is 5.91 Å². The maximum atomic E-state index is 12.9. The van der Waals surface area contributed by atoms with E-state index in [9.17, 15) is 4.79 Å². The zero-order chi connectivity index (χ0) is 17.8. The van der Waals surface area contributed by atoms with Gasteiger partial charge in [-0.15, -0.1) is 10.2 Å². The molecule has 7 nitrogen and oxygen atoms in total. The maximum Gasteiger partial charge on any atom is 0.257 e. The number of methoxy groups -OCH3 is 2. The Morgan fingerprint density at radius 1 is 1.24 bits per heavy atom. The summed E-state index contributed by atoms with van der Waals surface area (Å²) in [6.07, 6.45) is 3.54. The van der Waals surface area contributed by atoms with Gasteiger partial charge in [-0.05, 0) is 38.0 Å². The summed E-state index contributed by atoms with van der Waals surface area (Å²) in [7, 11) is 3.16. The third-order valence-corrected chi connectivity index (χ3v) is 4.77. The monoisotopic (exact) mass is 344 g/mol. The third kappa shape index (κ3) is 3.45. The van der Waals surface area contributed by atoms with E-state index in [-0.39, 0.29) is 5.91 Å². The first-order chi connectivity index (χ1) is 12.2. The Morgan fingerprint density at radius 3 is 2.64 bits per heavy atom. The van der Waals surface area contributed by atoms with E-state index in [1.165, 1.54) is 0 Å². The Bertz CT molecular complexity index is 736. The summed E-state index contributed by atoms with van der Waals surface area (Å²) < 4.78 is 12.7. The van der Waals surface area contributed by atoms with Crippen LogP contribution >= 0.6 is 0 Å². The molecule has 1 fully saturated rings. The smallest absolute Gasteiger partial charge is 0.257 e. The molecule has 0 atom stereocenters. The SMILES string of the molecule is CCn1cnnc1C1CCN(C(=O)c2cc(OC)ccc2OC)CC1. The summed E-state index contributed by atoms with van der Waals surface area (Å²) in [6, 6.07) is 5.29. The topological polar surface area (TPSA) is 69.5 Å². The van der Waals surface area contributed by atoms with Gasteiger partial charge < -0.3 is 18.9 Å². The van der Waals surface area contributed by atoms with E-state index in [2.05, 4.69) is 21.7 Å². The molecule has 2 aromatic rings.